The van der Waals surface area contributed by atoms with E-state index in [0.29, 0.717) is 18.2 Å². The van der Waals surface area contributed by atoms with E-state index in [1.165, 1.54) is 0 Å². The first kappa shape index (κ1) is 14.7. The summed E-state index contributed by atoms with van der Waals surface area (Å²) in [7, 11) is 0. The fraction of sp³-hybridized carbons (Fsp3) is 0.600. The van der Waals surface area contributed by atoms with E-state index in [4.69, 9.17) is 5.26 Å². The van der Waals surface area contributed by atoms with Crippen molar-refractivity contribution in [2.45, 2.75) is 26.2 Å². The van der Waals surface area contributed by atoms with E-state index >= 15 is 0 Å². The maximum atomic E-state index is 12.3. The van der Waals surface area contributed by atoms with Gasteiger partial charge in [0, 0.05) is 31.7 Å². The number of hydrogen-bond donors (Lipinski definition) is 2. The summed E-state index contributed by atoms with van der Waals surface area (Å²) in [5, 5.41) is 8.95. The molecule has 1 atom stereocenters. The standard InChI is InChI=1S/C15H20N6O/c1-2-18-20-13(22)12-4-8-21(10-15(12)5-6-15)14-17-7-3-11(9-16)19-14/h3,7,12,18H,2,4-6,8,10H2,1H3,(H,20,22). The van der Waals surface area contributed by atoms with Crippen molar-refractivity contribution in [3.05, 3.63) is 18.0 Å². The molecule has 1 aliphatic carbocycles. The molecule has 1 saturated heterocycles. The Morgan fingerprint density at radius 3 is 3.09 bits per heavy atom. The van der Waals surface area contributed by atoms with Crippen LogP contribution >= 0.6 is 0 Å². The van der Waals surface area contributed by atoms with Crippen molar-refractivity contribution in [3.8, 4) is 6.07 Å². The van der Waals surface area contributed by atoms with Crippen LogP contribution in [-0.4, -0.2) is 35.5 Å². The SMILES string of the molecule is CCNNC(=O)C1CCN(c2nccc(C#N)n2)CC12CC2. The van der Waals surface area contributed by atoms with Gasteiger partial charge in [0.1, 0.15) is 11.8 Å². The van der Waals surface area contributed by atoms with E-state index in [-0.39, 0.29) is 17.2 Å². The molecule has 2 aliphatic rings. The summed E-state index contributed by atoms with van der Waals surface area (Å²) < 4.78 is 0. The van der Waals surface area contributed by atoms with Gasteiger partial charge in [-0.05, 0) is 30.7 Å². The van der Waals surface area contributed by atoms with Crippen LogP contribution in [0.15, 0.2) is 12.3 Å². The zero-order valence-corrected chi connectivity index (χ0v) is 12.7. The molecule has 116 valence electrons. The smallest absolute Gasteiger partial charge is 0.237 e. The van der Waals surface area contributed by atoms with E-state index in [0.717, 1.165) is 32.4 Å². The second kappa shape index (κ2) is 5.89. The van der Waals surface area contributed by atoms with Gasteiger partial charge in [-0.25, -0.2) is 15.4 Å². The largest absolute Gasteiger partial charge is 0.340 e. The number of carbonyl (C=O) groups excluding carboxylic acids is 1. The van der Waals surface area contributed by atoms with E-state index in [9.17, 15) is 4.79 Å². The van der Waals surface area contributed by atoms with E-state index < -0.39 is 0 Å². The third-order valence-electron chi connectivity index (χ3n) is 4.57. The van der Waals surface area contributed by atoms with Gasteiger partial charge in [-0.15, -0.1) is 0 Å². The van der Waals surface area contributed by atoms with Gasteiger partial charge in [0.2, 0.25) is 11.9 Å². The molecule has 2 fully saturated rings. The molecule has 2 N–H and O–H groups in total. The van der Waals surface area contributed by atoms with Gasteiger partial charge in [0.25, 0.3) is 0 Å². The summed E-state index contributed by atoms with van der Waals surface area (Å²) in [6, 6.07) is 3.65. The van der Waals surface area contributed by atoms with Gasteiger partial charge in [0.15, 0.2) is 0 Å². The van der Waals surface area contributed by atoms with Crippen molar-refractivity contribution < 1.29 is 4.79 Å². The van der Waals surface area contributed by atoms with Crippen LogP contribution in [0.3, 0.4) is 0 Å². The Morgan fingerprint density at radius 1 is 1.59 bits per heavy atom. The summed E-state index contributed by atoms with van der Waals surface area (Å²) in [5.41, 5.74) is 6.11. The quantitative estimate of drug-likeness (QED) is 0.791. The molecule has 1 aromatic rings. The van der Waals surface area contributed by atoms with Crippen molar-refractivity contribution in [1.82, 2.24) is 20.8 Å². The van der Waals surface area contributed by atoms with Gasteiger partial charge in [0.05, 0.1) is 0 Å². The Balaban J connectivity index is 1.71. The summed E-state index contributed by atoms with van der Waals surface area (Å²) in [4.78, 5) is 22.9. The molecule has 0 aromatic carbocycles. The third-order valence-corrected chi connectivity index (χ3v) is 4.57. The number of piperidine rings is 1. The fourth-order valence-electron chi connectivity index (χ4n) is 3.23. The van der Waals surface area contributed by atoms with E-state index in [1.54, 1.807) is 12.3 Å². The summed E-state index contributed by atoms with van der Waals surface area (Å²) in [6.45, 7) is 4.19. The number of nitrogens with one attached hydrogen (secondary N) is 2. The molecule has 1 spiro atoms. The molecule has 1 amide bonds. The molecule has 22 heavy (non-hydrogen) atoms. The molecule has 0 bridgehead atoms. The number of amides is 1. The van der Waals surface area contributed by atoms with Crippen LogP contribution in [0.25, 0.3) is 0 Å². The minimum absolute atomic E-state index is 0.0435. The topological polar surface area (TPSA) is 93.9 Å². The lowest BCUT2D eigenvalue weighted by molar-refractivity contribution is -0.128. The molecule has 1 saturated carbocycles. The van der Waals surface area contributed by atoms with Gasteiger partial charge in [-0.3, -0.25) is 10.2 Å². The van der Waals surface area contributed by atoms with Crippen LogP contribution in [0.5, 0.6) is 0 Å². The zero-order chi connectivity index (χ0) is 15.6. The van der Waals surface area contributed by atoms with Crippen molar-refractivity contribution in [2.75, 3.05) is 24.5 Å². The number of hydrazine groups is 1. The van der Waals surface area contributed by atoms with Gasteiger partial charge in [-0.1, -0.05) is 6.92 Å². The second-order valence-electron chi connectivity index (χ2n) is 6.00. The van der Waals surface area contributed by atoms with Gasteiger partial charge >= 0.3 is 0 Å². The van der Waals surface area contributed by atoms with Gasteiger partial charge < -0.3 is 4.90 Å². The highest BCUT2D eigenvalue weighted by Crippen LogP contribution is 2.55. The minimum Gasteiger partial charge on any atom is -0.340 e. The molecule has 1 unspecified atom stereocenters. The zero-order valence-electron chi connectivity index (χ0n) is 12.7. The molecular formula is C15H20N6O. The lowest BCUT2D eigenvalue weighted by atomic mass is 9.82. The lowest BCUT2D eigenvalue weighted by Gasteiger charge is -2.38. The fourth-order valence-corrected chi connectivity index (χ4v) is 3.23. The summed E-state index contributed by atoms with van der Waals surface area (Å²) >= 11 is 0. The molecular weight excluding hydrogens is 280 g/mol. The predicted octanol–water partition coefficient (Wildman–Crippen LogP) is 0.595. The third kappa shape index (κ3) is 2.74. The Hall–Kier alpha value is -2.20. The van der Waals surface area contributed by atoms with Crippen LogP contribution < -0.4 is 15.8 Å². The number of carbonyl (C=O) groups is 1. The van der Waals surface area contributed by atoms with Crippen LogP contribution in [0.4, 0.5) is 5.95 Å². The van der Waals surface area contributed by atoms with Crippen LogP contribution in [0, 0.1) is 22.7 Å². The number of nitrogens with zero attached hydrogens (tertiary/aromatic N) is 4. The summed E-state index contributed by atoms with van der Waals surface area (Å²) in [6.07, 6.45) is 4.53. The number of nitriles is 1. The van der Waals surface area contributed by atoms with E-state index in [2.05, 4.69) is 25.7 Å². The van der Waals surface area contributed by atoms with Crippen LogP contribution in [-0.2, 0) is 4.79 Å². The monoisotopic (exact) mass is 300 g/mol. The number of anilines is 1. The normalized spacial score (nSPS) is 22.2. The Labute approximate surface area is 129 Å². The maximum absolute atomic E-state index is 12.3. The number of hydrogen-bond acceptors (Lipinski definition) is 6. The van der Waals surface area contributed by atoms with E-state index in [1.807, 2.05) is 13.0 Å². The molecule has 1 aliphatic heterocycles. The maximum Gasteiger partial charge on any atom is 0.237 e. The first-order chi connectivity index (χ1) is 10.7. The van der Waals surface area contributed by atoms with Crippen molar-refractivity contribution >= 4 is 11.9 Å². The van der Waals surface area contributed by atoms with Crippen molar-refractivity contribution in [3.63, 3.8) is 0 Å². The second-order valence-corrected chi connectivity index (χ2v) is 6.00. The molecule has 0 radical (unpaired) electrons. The highest BCUT2D eigenvalue weighted by atomic mass is 16.2. The average Bonchev–Trinajstić information content (AvgIpc) is 3.32. The van der Waals surface area contributed by atoms with Crippen molar-refractivity contribution in [1.29, 1.82) is 5.26 Å². The first-order valence-electron chi connectivity index (χ1n) is 7.69. The number of rotatable bonds is 4. The Kier molecular flexibility index (Phi) is 3.94. The average molecular weight is 300 g/mol. The molecule has 1 aromatic heterocycles. The molecule has 7 nitrogen and oxygen atoms in total. The lowest BCUT2D eigenvalue weighted by Crippen LogP contribution is -2.51. The van der Waals surface area contributed by atoms with Crippen LogP contribution in [0.2, 0.25) is 0 Å². The summed E-state index contributed by atoms with van der Waals surface area (Å²) in [5.74, 6) is 0.725. The van der Waals surface area contributed by atoms with Gasteiger partial charge in [-0.2, -0.15) is 5.26 Å². The van der Waals surface area contributed by atoms with Crippen LogP contribution in [0.1, 0.15) is 31.9 Å². The predicted molar refractivity (Wildman–Crippen MR) is 80.6 cm³/mol. The molecule has 2 heterocycles. The minimum atomic E-state index is 0.0435. The molecule has 3 rings (SSSR count). The number of aromatic nitrogens is 2. The Bertz CT molecular complexity index is 606. The molecule has 7 heteroatoms. The highest BCUT2D eigenvalue weighted by Gasteiger charge is 2.55. The van der Waals surface area contributed by atoms with Crippen molar-refractivity contribution in [2.24, 2.45) is 11.3 Å². The first-order valence-corrected chi connectivity index (χ1v) is 7.69. The highest BCUT2D eigenvalue weighted by molar-refractivity contribution is 5.80. The Morgan fingerprint density at radius 2 is 2.41 bits per heavy atom.